The first-order valence-electron chi connectivity index (χ1n) is 7.41. The van der Waals surface area contributed by atoms with Crippen molar-refractivity contribution in [2.24, 2.45) is 18.9 Å². The molecule has 102 valence electrons. The number of hydrogen-bond acceptors (Lipinski definition) is 2. The first kappa shape index (κ1) is 13.6. The van der Waals surface area contributed by atoms with Crippen LogP contribution in [0.15, 0.2) is 12.4 Å². The van der Waals surface area contributed by atoms with E-state index in [-0.39, 0.29) is 0 Å². The molecule has 0 aliphatic heterocycles. The third-order valence-corrected chi connectivity index (χ3v) is 4.50. The highest BCUT2D eigenvalue weighted by Gasteiger charge is 2.20. The molecule has 3 heteroatoms. The second-order valence-electron chi connectivity index (χ2n) is 5.82. The van der Waals surface area contributed by atoms with Gasteiger partial charge in [0.25, 0.3) is 0 Å². The smallest absolute Gasteiger partial charge is 0.125 e. The third kappa shape index (κ3) is 3.35. The van der Waals surface area contributed by atoms with Gasteiger partial charge < -0.3 is 9.88 Å². The number of hydrogen-bond donors (Lipinski definition) is 1. The molecular weight excluding hydrogens is 222 g/mol. The molecule has 0 radical (unpaired) electrons. The van der Waals surface area contributed by atoms with Crippen LogP contribution in [0.2, 0.25) is 0 Å². The van der Waals surface area contributed by atoms with Gasteiger partial charge in [-0.3, -0.25) is 0 Å². The van der Waals surface area contributed by atoms with Crippen LogP contribution in [-0.4, -0.2) is 16.1 Å². The standard InChI is InChI=1S/C15H27N3/c1-4-13-5-7-14(8-6-13)11-17-12(2)15-16-9-10-18(15)3/h9-10,12-14,17H,4-8,11H2,1-3H3. The van der Waals surface area contributed by atoms with Gasteiger partial charge in [0, 0.05) is 19.4 Å². The second-order valence-corrected chi connectivity index (χ2v) is 5.82. The number of aryl methyl sites for hydroxylation is 1. The maximum atomic E-state index is 4.41. The van der Waals surface area contributed by atoms with Gasteiger partial charge in [-0.15, -0.1) is 0 Å². The van der Waals surface area contributed by atoms with Crippen molar-refractivity contribution in [1.29, 1.82) is 0 Å². The van der Waals surface area contributed by atoms with Gasteiger partial charge in [-0.1, -0.05) is 26.2 Å². The summed E-state index contributed by atoms with van der Waals surface area (Å²) in [5.41, 5.74) is 0. The minimum atomic E-state index is 0.355. The highest BCUT2D eigenvalue weighted by Crippen LogP contribution is 2.30. The number of nitrogens with zero attached hydrogens (tertiary/aromatic N) is 2. The van der Waals surface area contributed by atoms with E-state index in [0.29, 0.717) is 6.04 Å². The van der Waals surface area contributed by atoms with Crippen LogP contribution in [0.3, 0.4) is 0 Å². The highest BCUT2D eigenvalue weighted by molar-refractivity contribution is 4.97. The van der Waals surface area contributed by atoms with E-state index in [1.165, 1.54) is 32.1 Å². The molecule has 1 aliphatic rings. The maximum Gasteiger partial charge on any atom is 0.125 e. The van der Waals surface area contributed by atoms with Gasteiger partial charge in [-0.05, 0) is 38.1 Å². The Morgan fingerprint density at radius 3 is 2.56 bits per heavy atom. The molecule has 1 fully saturated rings. The van der Waals surface area contributed by atoms with E-state index < -0.39 is 0 Å². The van der Waals surface area contributed by atoms with Crippen molar-refractivity contribution < 1.29 is 0 Å². The Kier molecular flexibility index (Phi) is 4.81. The molecule has 0 spiro atoms. The Hall–Kier alpha value is -0.830. The molecule has 1 aliphatic carbocycles. The quantitative estimate of drug-likeness (QED) is 0.868. The van der Waals surface area contributed by atoms with Crippen molar-refractivity contribution in [2.75, 3.05) is 6.54 Å². The van der Waals surface area contributed by atoms with E-state index in [1.807, 2.05) is 12.4 Å². The summed E-state index contributed by atoms with van der Waals surface area (Å²) < 4.78 is 2.10. The molecule has 2 rings (SSSR count). The summed E-state index contributed by atoms with van der Waals surface area (Å²) in [5.74, 6) is 3.00. The lowest BCUT2D eigenvalue weighted by Crippen LogP contribution is -2.29. The SMILES string of the molecule is CCC1CCC(CNC(C)c2nccn2C)CC1. The molecule has 1 N–H and O–H groups in total. The summed E-state index contributed by atoms with van der Waals surface area (Å²) in [6.07, 6.45) is 10.9. The minimum absolute atomic E-state index is 0.355. The van der Waals surface area contributed by atoms with Gasteiger partial charge in [0.1, 0.15) is 5.82 Å². The van der Waals surface area contributed by atoms with Crippen LogP contribution >= 0.6 is 0 Å². The van der Waals surface area contributed by atoms with Gasteiger partial charge >= 0.3 is 0 Å². The topological polar surface area (TPSA) is 29.9 Å². The van der Waals surface area contributed by atoms with E-state index in [1.54, 1.807) is 0 Å². The highest BCUT2D eigenvalue weighted by atomic mass is 15.1. The molecule has 1 unspecified atom stereocenters. The summed E-state index contributed by atoms with van der Waals surface area (Å²) in [5, 5.41) is 3.65. The second kappa shape index (κ2) is 6.37. The molecule has 1 atom stereocenters. The van der Waals surface area contributed by atoms with E-state index >= 15 is 0 Å². The van der Waals surface area contributed by atoms with Crippen LogP contribution in [0.1, 0.15) is 57.8 Å². The van der Waals surface area contributed by atoms with Crippen molar-refractivity contribution in [3.8, 4) is 0 Å². The van der Waals surface area contributed by atoms with Crippen LogP contribution < -0.4 is 5.32 Å². The Balaban J connectivity index is 1.74. The molecular formula is C15H27N3. The Morgan fingerprint density at radius 2 is 2.00 bits per heavy atom. The summed E-state index contributed by atoms with van der Waals surface area (Å²) >= 11 is 0. The van der Waals surface area contributed by atoms with Crippen LogP contribution in [-0.2, 0) is 7.05 Å². The lowest BCUT2D eigenvalue weighted by atomic mass is 9.81. The zero-order chi connectivity index (χ0) is 13.0. The summed E-state index contributed by atoms with van der Waals surface area (Å²) in [6.45, 7) is 5.68. The predicted octanol–water partition coefficient (Wildman–Crippen LogP) is 3.29. The molecule has 1 heterocycles. The third-order valence-electron chi connectivity index (χ3n) is 4.50. The van der Waals surface area contributed by atoms with Crippen molar-refractivity contribution in [3.63, 3.8) is 0 Å². The summed E-state index contributed by atoms with van der Waals surface area (Å²) in [4.78, 5) is 4.41. The lowest BCUT2D eigenvalue weighted by Gasteiger charge is -2.28. The molecule has 18 heavy (non-hydrogen) atoms. The Bertz CT molecular complexity index is 350. The number of rotatable bonds is 5. The zero-order valence-electron chi connectivity index (χ0n) is 12.0. The average molecular weight is 249 g/mol. The van der Waals surface area contributed by atoms with E-state index in [9.17, 15) is 0 Å². The fraction of sp³-hybridized carbons (Fsp3) is 0.800. The predicted molar refractivity (Wildman–Crippen MR) is 75.4 cm³/mol. The largest absolute Gasteiger partial charge is 0.337 e. The fourth-order valence-electron chi connectivity index (χ4n) is 3.07. The summed E-state index contributed by atoms with van der Waals surface area (Å²) in [7, 11) is 2.06. The average Bonchev–Trinajstić information content (AvgIpc) is 2.83. The van der Waals surface area contributed by atoms with Crippen molar-refractivity contribution in [2.45, 2.75) is 52.0 Å². The normalized spacial score (nSPS) is 26.2. The summed E-state index contributed by atoms with van der Waals surface area (Å²) in [6, 6.07) is 0.355. The van der Waals surface area contributed by atoms with Gasteiger partial charge in [0.15, 0.2) is 0 Å². The number of aromatic nitrogens is 2. The molecule has 0 bridgehead atoms. The van der Waals surface area contributed by atoms with Crippen molar-refractivity contribution in [1.82, 2.24) is 14.9 Å². The lowest BCUT2D eigenvalue weighted by molar-refractivity contribution is 0.257. The molecule has 0 aromatic carbocycles. The Morgan fingerprint density at radius 1 is 1.33 bits per heavy atom. The van der Waals surface area contributed by atoms with Crippen molar-refractivity contribution >= 4 is 0 Å². The van der Waals surface area contributed by atoms with Crippen LogP contribution in [0.25, 0.3) is 0 Å². The minimum Gasteiger partial charge on any atom is -0.337 e. The van der Waals surface area contributed by atoms with Crippen LogP contribution in [0.5, 0.6) is 0 Å². The maximum absolute atomic E-state index is 4.41. The first-order chi connectivity index (χ1) is 8.70. The molecule has 0 amide bonds. The number of nitrogens with one attached hydrogen (secondary N) is 1. The fourth-order valence-corrected chi connectivity index (χ4v) is 3.07. The molecule has 3 nitrogen and oxygen atoms in total. The van der Waals surface area contributed by atoms with Crippen LogP contribution in [0.4, 0.5) is 0 Å². The van der Waals surface area contributed by atoms with E-state index in [0.717, 1.165) is 24.2 Å². The molecule has 1 aromatic heterocycles. The van der Waals surface area contributed by atoms with Gasteiger partial charge in [0.2, 0.25) is 0 Å². The number of imidazole rings is 1. The molecule has 1 saturated carbocycles. The van der Waals surface area contributed by atoms with Crippen LogP contribution in [0, 0.1) is 11.8 Å². The van der Waals surface area contributed by atoms with Crippen molar-refractivity contribution in [3.05, 3.63) is 18.2 Å². The van der Waals surface area contributed by atoms with Gasteiger partial charge in [-0.2, -0.15) is 0 Å². The zero-order valence-corrected chi connectivity index (χ0v) is 12.0. The molecule has 1 aromatic rings. The first-order valence-corrected chi connectivity index (χ1v) is 7.41. The Labute approximate surface area is 111 Å². The van der Waals surface area contributed by atoms with E-state index in [2.05, 4.69) is 35.8 Å². The van der Waals surface area contributed by atoms with Gasteiger partial charge in [-0.25, -0.2) is 4.98 Å². The molecule has 0 saturated heterocycles. The monoisotopic (exact) mass is 249 g/mol. The van der Waals surface area contributed by atoms with Gasteiger partial charge in [0.05, 0.1) is 6.04 Å². The van der Waals surface area contributed by atoms with E-state index in [4.69, 9.17) is 0 Å².